The maximum absolute atomic E-state index is 11.6. The van der Waals surface area contributed by atoms with E-state index in [0.29, 0.717) is 17.4 Å². The average Bonchev–Trinajstić information content (AvgIpc) is 2.25. The predicted octanol–water partition coefficient (Wildman–Crippen LogP) is 2.87. The van der Waals surface area contributed by atoms with Gasteiger partial charge in [0.2, 0.25) is 0 Å². The van der Waals surface area contributed by atoms with Crippen molar-refractivity contribution in [3.63, 3.8) is 0 Å². The van der Waals surface area contributed by atoms with Gasteiger partial charge in [0.05, 0.1) is 0 Å². The van der Waals surface area contributed by atoms with Gasteiger partial charge in [-0.15, -0.1) is 0 Å². The van der Waals surface area contributed by atoms with Crippen molar-refractivity contribution in [3.05, 3.63) is 34.9 Å². The number of rotatable bonds is 5. The molecule has 1 rings (SSSR count). The Morgan fingerprint density at radius 2 is 2.11 bits per heavy atom. The number of halogens is 1. The molecule has 102 valence electrons. The lowest BCUT2D eigenvalue weighted by molar-refractivity contribution is -0.146. The molecule has 1 aromatic carbocycles. The maximum atomic E-state index is 11.6. The van der Waals surface area contributed by atoms with Crippen LogP contribution in [0.25, 0.3) is 0 Å². The second-order valence-electron chi connectivity index (χ2n) is 4.47. The zero-order valence-electron chi connectivity index (χ0n) is 10.7. The predicted molar refractivity (Wildman–Crippen MR) is 79.1 cm³/mol. The minimum absolute atomic E-state index is 0. The van der Waals surface area contributed by atoms with Gasteiger partial charge in [0.25, 0.3) is 0 Å². The van der Waals surface area contributed by atoms with E-state index < -0.39 is 6.04 Å². The van der Waals surface area contributed by atoms with Crippen LogP contribution in [0.15, 0.2) is 24.3 Å². The highest BCUT2D eigenvalue weighted by Crippen LogP contribution is 2.12. The molecule has 0 aromatic heterocycles. The van der Waals surface area contributed by atoms with E-state index >= 15 is 0 Å². The van der Waals surface area contributed by atoms with Gasteiger partial charge in [-0.3, -0.25) is 4.79 Å². The van der Waals surface area contributed by atoms with E-state index in [4.69, 9.17) is 22.1 Å². The van der Waals surface area contributed by atoms with Crippen molar-refractivity contribution in [1.82, 2.24) is 0 Å². The number of hydrogen-bond donors (Lipinski definition) is 1. The summed E-state index contributed by atoms with van der Waals surface area (Å²) >= 11 is 5.83. The summed E-state index contributed by atoms with van der Waals surface area (Å²) < 4.78 is 5.12. The molecule has 0 unspecified atom stereocenters. The Hall–Kier alpha value is -0.710. The number of carbonyl (C=O) groups excluding carboxylic acids is 1. The topological polar surface area (TPSA) is 52.3 Å². The Bertz CT molecular complexity index is 385. The first kappa shape index (κ1) is 17.3. The molecule has 18 heavy (non-hydrogen) atoms. The Kier molecular flexibility index (Phi) is 8.07. The fourth-order valence-corrected chi connectivity index (χ4v) is 1.71. The molecule has 0 radical (unpaired) electrons. The first-order chi connectivity index (χ1) is 7.99. The molecule has 0 amide bonds. The molecule has 3 nitrogen and oxygen atoms in total. The van der Waals surface area contributed by atoms with Gasteiger partial charge >= 0.3 is 5.97 Å². The molecule has 5 heteroatoms. The zero-order valence-corrected chi connectivity index (χ0v) is 12.4. The normalized spacial score (nSPS) is 11.8. The summed E-state index contributed by atoms with van der Waals surface area (Å²) in [5.41, 5.74) is 6.58. The number of ether oxygens (including phenoxy) is 1. The summed E-state index contributed by atoms with van der Waals surface area (Å²) in [6.07, 6.45) is 0.633. The Morgan fingerprint density at radius 3 is 2.67 bits per heavy atom. The van der Waals surface area contributed by atoms with Crippen molar-refractivity contribution in [1.29, 1.82) is 0 Å². The van der Waals surface area contributed by atoms with Crippen molar-refractivity contribution in [2.75, 3.05) is 0 Å². The quantitative estimate of drug-likeness (QED) is 0.848. The molecular weight excluding hydrogens is 270 g/mol. The Balaban J connectivity index is 0.00000289. The first-order valence-electron chi connectivity index (χ1n) is 5.65. The highest BCUT2D eigenvalue weighted by atomic mass is 35.5. The largest absolute Gasteiger partial charge is 0.460 e. The van der Waals surface area contributed by atoms with Crippen molar-refractivity contribution in [3.8, 4) is 0 Å². The third kappa shape index (κ3) is 6.28. The summed E-state index contributed by atoms with van der Waals surface area (Å²) in [6.45, 7) is 4.25. The molecule has 0 aliphatic heterocycles. The second kappa shape index (κ2) is 8.40. The van der Waals surface area contributed by atoms with Crippen LogP contribution in [0.3, 0.4) is 0 Å². The van der Waals surface area contributed by atoms with Gasteiger partial charge in [-0.25, -0.2) is 0 Å². The number of hydrogen-bond acceptors (Lipinski definition) is 3. The van der Waals surface area contributed by atoms with Crippen molar-refractivity contribution < 1.29 is 9.53 Å². The molecule has 0 spiro atoms. The Morgan fingerprint density at radius 1 is 1.44 bits per heavy atom. The summed E-state index contributed by atoms with van der Waals surface area (Å²) in [7, 11) is 0. The monoisotopic (exact) mass is 289 g/mol. The van der Waals surface area contributed by atoms with Crippen LogP contribution in [0.1, 0.15) is 25.8 Å². The van der Waals surface area contributed by atoms with Gasteiger partial charge in [-0.1, -0.05) is 37.6 Å². The lowest BCUT2D eigenvalue weighted by Gasteiger charge is -2.13. The lowest BCUT2D eigenvalue weighted by Crippen LogP contribution is -2.33. The van der Waals surface area contributed by atoms with E-state index in [1.54, 1.807) is 12.1 Å². The van der Waals surface area contributed by atoms with E-state index in [1.807, 2.05) is 26.0 Å². The standard InChI is InChI=1S/C13H18ClNO2.H2S/c1-9(2)6-12(15)13(16)17-8-10-4-3-5-11(14)7-10;/h3-5,7,9,12H,6,8,15H2,1-2H3;1H2/t12-;/m0./s1. The number of nitrogens with two attached hydrogens (primary N) is 1. The third-order valence-electron chi connectivity index (χ3n) is 2.30. The average molecular weight is 290 g/mol. The van der Waals surface area contributed by atoms with Crippen LogP contribution in [-0.2, 0) is 16.1 Å². The molecule has 0 heterocycles. The van der Waals surface area contributed by atoms with Gasteiger partial charge in [0.1, 0.15) is 12.6 Å². The van der Waals surface area contributed by atoms with E-state index in [2.05, 4.69) is 0 Å². The molecule has 0 fully saturated rings. The van der Waals surface area contributed by atoms with E-state index in [1.165, 1.54) is 0 Å². The van der Waals surface area contributed by atoms with Crippen LogP contribution >= 0.6 is 25.1 Å². The van der Waals surface area contributed by atoms with Gasteiger partial charge in [-0.05, 0) is 30.0 Å². The minimum atomic E-state index is -0.547. The summed E-state index contributed by atoms with van der Waals surface area (Å²) in [4.78, 5) is 11.6. The molecular formula is C13H20ClNO2S. The molecule has 0 aliphatic carbocycles. The third-order valence-corrected chi connectivity index (χ3v) is 2.53. The van der Waals surface area contributed by atoms with Crippen LogP contribution in [-0.4, -0.2) is 12.0 Å². The van der Waals surface area contributed by atoms with Crippen LogP contribution in [0.2, 0.25) is 5.02 Å². The molecule has 2 N–H and O–H groups in total. The zero-order chi connectivity index (χ0) is 12.8. The van der Waals surface area contributed by atoms with Crippen LogP contribution in [0, 0.1) is 5.92 Å². The molecule has 0 saturated heterocycles. The van der Waals surface area contributed by atoms with E-state index in [0.717, 1.165) is 5.56 Å². The van der Waals surface area contributed by atoms with Gasteiger partial charge < -0.3 is 10.5 Å². The maximum Gasteiger partial charge on any atom is 0.323 e. The fraction of sp³-hybridized carbons (Fsp3) is 0.462. The van der Waals surface area contributed by atoms with Crippen LogP contribution in [0.4, 0.5) is 0 Å². The van der Waals surface area contributed by atoms with Crippen molar-refractivity contribution in [2.45, 2.75) is 32.9 Å². The first-order valence-corrected chi connectivity index (χ1v) is 6.03. The second-order valence-corrected chi connectivity index (χ2v) is 4.91. The molecule has 1 aromatic rings. The highest BCUT2D eigenvalue weighted by molar-refractivity contribution is 7.59. The smallest absolute Gasteiger partial charge is 0.323 e. The fourth-order valence-electron chi connectivity index (χ4n) is 1.49. The summed E-state index contributed by atoms with van der Waals surface area (Å²) in [5, 5.41) is 0.630. The lowest BCUT2D eigenvalue weighted by atomic mass is 10.1. The molecule has 0 bridgehead atoms. The van der Waals surface area contributed by atoms with Crippen molar-refractivity contribution in [2.24, 2.45) is 11.7 Å². The SMILES string of the molecule is CC(C)C[C@H](N)C(=O)OCc1cccc(Cl)c1.S. The molecule has 0 aliphatic rings. The summed E-state index contributed by atoms with van der Waals surface area (Å²) in [5.74, 6) is 0.0161. The van der Waals surface area contributed by atoms with E-state index in [9.17, 15) is 4.79 Å². The highest BCUT2D eigenvalue weighted by Gasteiger charge is 2.16. The van der Waals surface area contributed by atoms with E-state index in [-0.39, 0.29) is 26.1 Å². The summed E-state index contributed by atoms with van der Waals surface area (Å²) in [6, 6.07) is 6.67. The van der Waals surface area contributed by atoms with Gasteiger partial charge in [-0.2, -0.15) is 13.5 Å². The number of esters is 1. The van der Waals surface area contributed by atoms with Crippen LogP contribution < -0.4 is 5.73 Å². The van der Waals surface area contributed by atoms with Crippen molar-refractivity contribution >= 4 is 31.1 Å². The number of benzene rings is 1. The van der Waals surface area contributed by atoms with Crippen LogP contribution in [0.5, 0.6) is 0 Å². The number of carbonyl (C=O) groups is 1. The minimum Gasteiger partial charge on any atom is -0.460 e. The van der Waals surface area contributed by atoms with Gasteiger partial charge in [0.15, 0.2) is 0 Å². The molecule has 1 atom stereocenters. The van der Waals surface area contributed by atoms with Gasteiger partial charge in [0, 0.05) is 5.02 Å². The Labute approximate surface area is 120 Å². The molecule has 0 saturated carbocycles.